The van der Waals surface area contributed by atoms with Crippen molar-refractivity contribution in [3.05, 3.63) is 83.2 Å². The lowest BCUT2D eigenvalue weighted by Gasteiger charge is -2.09. The normalized spacial score (nSPS) is 10.7. The van der Waals surface area contributed by atoms with Gasteiger partial charge < -0.3 is 10.1 Å². The van der Waals surface area contributed by atoms with Gasteiger partial charge in [-0.2, -0.15) is 0 Å². The van der Waals surface area contributed by atoms with E-state index in [0.717, 1.165) is 22.3 Å². The Balaban J connectivity index is 1.39. The lowest BCUT2D eigenvalue weighted by Crippen LogP contribution is -2.20. The summed E-state index contributed by atoms with van der Waals surface area (Å²) in [7, 11) is 0. The van der Waals surface area contributed by atoms with E-state index in [1.165, 1.54) is 12.1 Å². The molecular weight excluding hydrogens is 437 g/mol. The number of carbonyl (C=O) groups excluding carboxylic acids is 1. The second-order valence-corrected chi connectivity index (χ2v) is 7.15. The fraction of sp³-hybridized carbons (Fsp3) is 0.0455. The van der Waals surface area contributed by atoms with E-state index < -0.39 is 11.7 Å². The molecule has 0 radical (unpaired) electrons. The van der Waals surface area contributed by atoms with E-state index in [2.05, 4.69) is 31.2 Å². The van der Waals surface area contributed by atoms with Crippen LogP contribution in [0.25, 0.3) is 22.3 Å². The number of anilines is 1. The molecule has 1 amide bonds. The highest BCUT2D eigenvalue weighted by Crippen LogP contribution is 2.22. The number of para-hydroxylation sites is 2. The highest BCUT2D eigenvalue weighted by atomic mass is 79.9. The second-order valence-electron chi connectivity index (χ2n) is 6.23. The number of nitrogens with one attached hydrogen (secondary N) is 1. The first-order chi connectivity index (χ1) is 14.1. The van der Waals surface area contributed by atoms with E-state index in [1.54, 1.807) is 24.4 Å². The van der Waals surface area contributed by atoms with Crippen molar-refractivity contribution in [2.75, 3.05) is 11.9 Å². The zero-order valence-electron chi connectivity index (χ0n) is 15.1. The fourth-order valence-electron chi connectivity index (χ4n) is 2.74. The molecule has 3 aromatic carbocycles. The third-order valence-electron chi connectivity index (χ3n) is 4.17. The summed E-state index contributed by atoms with van der Waals surface area (Å²) in [6.07, 6.45) is 1.72. The van der Waals surface area contributed by atoms with Gasteiger partial charge in [-0.3, -0.25) is 9.78 Å². The zero-order valence-corrected chi connectivity index (χ0v) is 16.7. The summed E-state index contributed by atoms with van der Waals surface area (Å²) in [5.41, 5.74) is 3.40. The van der Waals surface area contributed by atoms with Gasteiger partial charge >= 0.3 is 0 Å². The lowest BCUT2D eigenvalue weighted by molar-refractivity contribution is -0.118. The molecule has 29 heavy (non-hydrogen) atoms. The minimum atomic E-state index is -0.520. The molecule has 0 saturated heterocycles. The highest BCUT2D eigenvalue weighted by molar-refractivity contribution is 9.10. The fourth-order valence-corrected chi connectivity index (χ4v) is 3.08. The highest BCUT2D eigenvalue weighted by Gasteiger charge is 2.09. The molecular formula is C22H15BrFN3O2. The monoisotopic (exact) mass is 451 g/mol. The first kappa shape index (κ1) is 19.0. The Bertz CT molecular complexity index is 1180. The molecule has 7 heteroatoms. The molecule has 1 aromatic heterocycles. The second kappa shape index (κ2) is 8.36. The van der Waals surface area contributed by atoms with Crippen molar-refractivity contribution in [1.82, 2.24) is 9.97 Å². The van der Waals surface area contributed by atoms with Gasteiger partial charge in [0.1, 0.15) is 11.6 Å². The average Bonchev–Trinajstić information content (AvgIpc) is 2.74. The minimum Gasteiger partial charge on any atom is -0.484 e. The van der Waals surface area contributed by atoms with Crippen LogP contribution in [0.15, 0.2) is 77.4 Å². The van der Waals surface area contributed by atoms with Crippen molar-refractivity contribution >= 4 is 38.6 Å². The van der Waals surface area contributed by atoms with E-state index in [0.29, 0.717) is 10.2 Å². The van der Waals surface area contributed by atoms with Gasteiger partial charge in [0.15, 0.2) is 6.61 Å². The Morgan fingerprint density at radius 3 is 2.55 bits per heavy atom. The van der Waals surface area contributed by atoms with Crippen molar-refractivity contribution in [2.24, 2.45) is 0 Å². The largest absolute Gasteiger partial charge is 0.484 e. The molecule has 0 aliphatic heterocycles. The van der Waals surface area contributed by atoms with E-state index in [-0.39, 0.29) is 12.3 Å². The summed E-state index contributed by atoms with van der Waals surface area (Å²) < 4.78 is 19.9. The molecule has 0 saturated carbocycles. The lowest BCUT2D eigenvalue weighted by atomic mass is 10.1. The molecule has 0 unspecified atom stereocenters. The Morgan fingerprint density at radius 2 is 1.79 bits per heavy atom. The van der Waals surface area contributed by atoms with E-state index >= 15 is 0 Å². The van der Waals surface area contributed by atoms with Crippen molar-refractivity contribution in [2.45, 2.75) is 0 Å². The number of benzene rings is 3. The van der Waals surface area contributed by atoms with Gasteiger partial charge in [-0.25, -0.2) is 9.37 Å². The molecule has 1 N–H and O–H groups in total. The minimum absolute atomic E-state index is 0.104. The first-order valence-electron chi connectivity index (χ1n) is 8.78. The molecule has 0 spiro atoms. The number of ether oxygens (including phenoxy) is 1. The number of carbonyl (C=O) groups is 1. The van der Waals surface area contributed by atoms with E-state index in [1.807, 2.05) is 36.4 Å². The molecule has 0 bridgehead atoms. The summed E-state index contributed by atoms with van der Waals surface area (Å²) >= 11 is 3.17. The molecule has 4 rings (SSSR count). The molecule has 4 aromatic rings. The number of hydrogen-bond acceptors (Lipinski definition) is 4. The van der Waals surface area contributed by atoms with Crippen LogP contribution in [0.3, 0.4) is 0 Å². The van der Waals surface area contributed by atoms with Crippen molar-refractivity contribution in [3.63, 3.8) is 0 Å². The zero-order chi connectivity index (χ0) is 20.2. The first-order valence-corrected chi connectivity index (χ1v) is 9.58. The number of amides is 1. The molecule has 0 atom stereocenters. The summed E-state index contributed by atoms with van der Waals surface area (Å²) in [6.45, 7) is -0.232. The third kappa shape index (κ3) is 4.57. The third-order valence-corrected chi connectivity index (χ3v) is 4.67. The summed E-state index contributed by atoms with van der Waals surface area (Å²) in [6, 6.07) is 19.3. The van der Waals surface area contributed by atoms with E-state index in [4.69, 9.17) is 4.74 Å². The maximum Gasteiger partial charge on any atom is 0.262 e. The standard InChI is InChI=1S/C22H15BrFN3O2/c23-15-7-10-18(17(24)11-15)27-22(28)13-29-16-8-5-14(6-9-16)21-12-25-19-3-1-2-4-20(19)26-21/h1-12H,13H2,(H,27,28). The number of fused-ring (bicyclic) bond motifs is 1. The smallest absolute Gasteiger partial charge is 0.262 e. The molecule has 1 heterocycles. The van der Waals surface area contributed by atoms with Crippen LogP contribution >= 0.6 is 15.9 Å². The van der Waals surface area contributed by atoms with Gasteiger partial charge in [-0.05, 0) is 54.6 Å². The van der Waals surface area contributed by atoms with Crippen LogP contribution in [0.1, 0.15) is 0 Å². The van der Waals surface area contributed by atoms with Crippen LogP contribution < -0.4 is 10.1 Å². The number of aromatic nitrogens is 2. The van der Waals surface area contributed by atoms with Crippen LogP contribution in [-0.2, 0) is 4.79 Å². The Hall–Kier alpha value is -3.32. The predicted molar refractivity (Wildman–Crippen MR) is 113 cm³/mol. The molecule has 144 valence electrons. The van der Waals surface area contributed by atoms with Crippen molar-refractivity contribution in [1.29, 1.82) is 0 Å². The number of halogens is 2. The Morgan fingerprint density at radius 1 is 1.03 bits per heavy atom. The quantitative estimate of drug-likeness (QED) is 0.451. The Labute approximate surface area is 174 Å². The van der Waals surface area contributed by atoms with Gasteiger partial charge in [-0.15, -0.1) is 0 Å². The van der Waals surface area contributed by atoms with Crippen molar-refractivity contribution in [3.8, 4) is 17.0 Å². The average molecular weight is 452 g/mol. The molecule has 0 aliphatic carbocycles. The molecule has 5 nitrogen and oxygen atoms in total. The van der Waals surface area contributed by atoms with E-state index in [9.17, 15) is 9.18 Å². The van der Waals surface area contributed by atoms with Crippen LogP contribution in [0, 0.1) is 5.82 Å². The van der Waals surface area contributed by atoms with Crippen LogP contribution in [0.5, 0.6) is 5.75 Å². The Kier molecular flexibility index (Phi) is 5.48. The van der Waals surface area contributed by atoms with Gasteiger partial charge in [0, 0.05) is 10.0 Å². The summed E-state index contributed by atoms with van der Waals surface area (Å²) in [4.78, 5) is 21.0. The number of hydrogen-bond donors (Lipinski definition) is 1. The van der Waals surface area contributed by atoms with Crippen molar-refractivity contribution < 1.29 is 13.9 Å². The number of rotatable bonds is 5. The van der Waals surface area contributed by atoms with Gasteiger partial charge in [0.05, 0.1) is 28.6 Å². The van der Waals surface area contributed by atoms with Gasteiger partial charge in [-0.1, -0.05) is 28.1 Å². The topological polar surface area (TPSA) is 64.1 Å². The maximum absolute atomic E-state index is 13.8. The molecule has 0 fully saturated rings. The SMILES string of the molecule is O=C(COc1ccc(-c2cnc3ccccc3n2)cc1)Nc1ccc(Br)cc1F. The summed E-state index contributed by atoms with van der Waals surface area (Å²) in [5, 5.41) is 2.48. The van der Waals surface area contributed by atoms with Gasteiger partial charge in [0.2, 0.25) is 0 Å². The number of nitrogens with zero attached hydrogens (tertiary/aromatic N) is 2. The van der Waals surface area contributed by atoms with Gasteiger partial charge in [0.25, 0.3) is 5.91 Å². The van der Waals surface area contributed by atoms with Crippen LogP contribution in [0.2, 0.25) is 0 Å². The predicted octanol–water partition coefficient (Wildman–Crippen LogP) is 5.22. The maximum atomic E-state index is 13.8. The van der Waals surface area contributed by atoms with Crippen LogP contribution in [0.4, 0.5) is 10.1 Å². The van der Waals surface area contributed by atoms with Crippen LogP contribution in [-0.4, -0.2) is 22.5 Å². The summed E-state index contributed by atoms with van der Waals surface area (Å²) in [5.74, 6) is -0.446. The molecule has 0 aliphatic rings.